The highest BCUT2D eigenvalue weighted by Crippen LogP contribution is 2.31. The summed E-state index contributed by atoms with van der Waals surface area (Å²) in [6, 6.07) is 9.86. The monoisotopic (exact) mass is 438 g/mol. The molecule has 0 unspecified atom stereocenters. The van der Waals surface area contributed by atoms with Gasteiger partial charge in [0.2, 0.25) is 5.91 Å². The Morgan fingerprint density at radius 1 is 1.21 bits per heavy atom. The van der Waals surface area contributed by atoms with Crippen molar-refractivity contribution in [3.63, 3.8) is 0 Å². The molecule has 148 valence electrons. The molecule has 6 nitrogen and oxygen atoms in total. The number of hydrogen-bond acceptors (Lipinski definition) is 6. The molecule has 1 aromatic heterocycles. The standard InChI is InChI=1S/C19H19ClN2O4S2/c1-12-15(20)9-10-16-18(12)22-19(27-16)21-17(23)4-3-11-28(24,25)14-7-5-13(26-2)6-8-14/h5-10H,3-4,11H2,1-2H3,(H,21,22,23). The van der Waals surface area contributed by atoms with Crippen molar-refractivity contribution in [2.75, 3.05) is 18.2 Å². The van der Waals surface area contributed by atoms with Crippen LogP contribution in [0.25, 0.3) is 10.2 Å². The van der Waals surface area contributed by atoms with E-state index in [4.69, 9.17) is 16.3 Å². The van der Waals surface area contributed by atoms with Crippen molar-refractivity contribution in [2.45, 2.75) is 24.7 Å². The molecule has 28 heavy (non-hydrogen) atoms. The Morgan fingerprint density at radius 2 is 1.93 bits per heavy atom. The number of aryl methyl sites for hydroxylation is 1. The number of thiazole rings is 1. The maximum absolute atomic E-state index is 12.4. The Balaban J connectivity index is 1.57. The van der Waals surface area contributed by atoms with E-state index in [9.17, 15) is 13.2 Å². The molecule has 1 amide bonds. The van der Waals surface area contributed by atoms with Gasteiger partial charge in [-0.05, 0) is 55.3 Å². The summed E-state index contributed by atoms with van der Waals surface area (Å²) >= 11 is 7.45. The van der Waals surface area contributed by atoms with Crippen LogP contribution in [0, 0.1) is 6.92 Å². The van der Waals surface area contributed by atoms with Crippen LogP contribution in [0.5, 0.6) is 5.75 Å². The summed E-state index contributed by atoms with van der Waals surface area (Å²) in [5.74, 6) is 0.208. The fourth-order valence-electron chi connectivity index (χ4n) is 2.66. The Morgan fingerprint density at radius 3 is 2.61 bits per heavy atom. The predicted molar refractivity (Wildman–Crippen MR) is 112 cm³/mol. The van der Waals surface area contributed by atoms with Gasteiger partial charge in [0.15, 0.2) is 15.0 Å². The molecule has 0 aliphatic rings. The average Bonchev–Trinajstić information content (AvgIpc) is 3.08. The Labute approximate surface area is 172 Å². The van der Waals surface area contributed by atoms with E-state index in [1.54, 1.807) is 18.2 Å². The molecule has 0 spiro atoms. The highest BCUT2D eigenvalue weighted by molar-refractivity contribution is 7.91. The number of nitrogens with zero attached hydrogens (tertiary/aromatic N) is 1. The van der Waals surface area contributed by atoms with E-state index < -0.39 is 9.84 Å². The second-order valence-electron chi connectivity index (χ2n) is 6.18. The molecule has 1 heterocycles. The van der Waals surface area contributed by atoms with Gasteiger partial charge in [0.1, 0.15) is 5.75 Å². The molecule has 9 heteroatoms. The number of aromatic nitrogens is 1. The Hall–Kier alpha value is -2.16. The number of ether oxygens (including phenoxy) is 1. The van der Waals surface area contributed by atoms with Gasteiger partial charge in [-0.25, -0.2) is 13.4 Å². The van der Waals surface area contributed by atoms with E-state index in [0.29, 0.717) is 15.9 Å². The predicted octanol–water partition coefficient (Wildman–Crippen LogP) is 4.46. The molecule has 0 bridgehead atoms. The van der Waals surface area contributed by atoms with Crippen LogP contribution in [-0.2, 0) is 14.6 Å². The number of fused-ring (bicyclic) bond motifs is 1. The third-order valence-electron chi connectivity index (χ3n) is 4.23. The minimum atomic E-state index is -3.45. The summed E-state index contributed by atoms with van der Waals surface area (Å²) in [6.07, 6.45) is 0.307. The number of nitrogens with one attached hydrogen (secondary N) is 1. The molecule has 0 atom stereocenters. The van der Waals surface area contributed by atoms with Crippen molar-refractivity contribution in [2.24, 2.45) is 0 Å². The van der Waals surface area contributed by atoms with Gasteiger partial charge < -0.3 is 10.1 Å². The first-order valence-corrected chi connectivity index (χ1v) is 11.4. The molecule has 0 aliphatic carbocycles. The van der Waals surface area contributed by atoms with Crippen LogP contribution in [0.3, 0.4) is 0 Å². The number of carbonyl (C=O) groups excluding carboxylic acids is 1. The molecule has 0 saturated heterocycles. The second-order valence-corrected chi connectivity index (χ2v) is 9.73. The van der Waals surface area contributed by atoms with Crippen LogP contribution in [0.2, 0.25) is 5.02 Å². The van der Waals surface area contributed by atoms with Crippen LogP contribution in [0.1, 0.15) is 18.4 Å². The first kappa shape index (κ1) is 20.6. The lowest BCUT2D eigenvalue weighted by Crippen LogP contribution is -2.14. The maximum Gasteiger partial charge on any atom is 0.226 e. The number of anilines is 1. The summed E-state index contributed by atoms with van der Waals surface area (Å²) in [5, 5.41) is 3.83. The number of sulfone groups is 1. The van der Waals surface area contributed by atoms with Crippen LogP contribution in [0.4, 0.5) is 5.13 Å². The van der Waals surface area contributed by atoms with E-state index in [-0.39, 0.29) is 29.4 Å². The lowest BCUT2D eigenvalue weighted by Gasteiger charge is -2.06. The van der Waals surface area contributed by atoms with E-state index in [1.807, 2.05) is 13.0 Å². The second kappa shape index (κ2) is 8.46. The number of rotatable bonds is 7. The molecule has 1 N–H and O–H groups in total. The summed E-state index contributed by atoms with van der Waals surface area (Å²) in [4.78, 5) is 16.8. The molecular weight excluding hydrogens is 420 g/mol. The summed E-state index contributed by atoms with van der Waals surface area (Å²) in [6.45, 7) is 1.88. The number of methoxy groups -OCH3 is 1. The van der Waals surface area contributed by atoms with Gasteiger partial charge in [0.05, 0.1) is 28.0 Å². The Kier molecular flexibility index (Phi) is 6.22. The number of carbonyl (C=O) groups is 1. The molecule has 2 aromatic carbocycles. The largest absolute Gasteiger partial charge is 0.497 e. The van der Waals surface area contributed by atoms with Gasteiger partial charge in [0, 0.05) is 11.4 Å². The van der Waals surface area contributed by atoms with Crippen LogP contribution in [-0.4, -0.2) is 32.2 Å². The zero-order valence-electron chi connectivity index (χ0n) is 15.4. The molecule has 0 aliphatic heterocycles. The third kappa shape index (κ3) is 4.63. The summed E-state index contributed by atoms with van der Waals surface area (Å²) in [7, 11) is -1.93. The number of halogens is 1. The maximum atomic E-state index is 12.4. The van der Waals surface area contributed by atoms with E-state index in [2.05, 4.69) is 10.3 Å². The lowest BCUT2D eigenvalue weighted by molar-refractivity contribution is -0.116. The van der Waals surface area contributed by atoms with Gasteiger partial charge in [-0.1, -0.05) is 22.9 Å². The van der Waals surface area contributed by atoms with Crippen molar-refractivity contribution in [1.29, 1.82) is 0 Å². The Bertz CT molecular complexity index is 1110. The van der Waals surface area contributed by atoms with Gasteiger partial charge in [0.25, 0.3) is 0 Å². The number of amides is 1. The zero-order chi connectivity index (χ0) is 20.3. The fourth-order valence-corrected chi connectivity index (χ4v) is 5.06. The zero-order valence-corrected chi connectivity index (χ0v) is 17.7. The van der Waals surface area contributed by atoms with Crippen LogP contribution >= 0.6 is 22.9 Å². The quantitative estimate of drug-likeness (QED) is 0.588. The summed E-state index contributed by atoms with van der Waals surface area (Å²) in [5.41, 5.74) is 1.62. The molecule has 0 saturated carbocycles. The molecule has 3 rings (SSSR count). The smallest absolute Gasteiger partial charge is 0.226 e. The normalized spacial score (nSPS) is 11.5. The SMILES string of the molecule is COc1ccc(S(=O)(=O)CCCC(=O)Nc2nc3c(C)c(Cl)ccc3s2)cc1. The van der Waals surface area contributed by atoms with Crippen molar-refractivity contribution >= 4 is 54.0 Å². The van der Waals surface area contributed by atoms with Crippen LogP contribution < -0.4 is 10.1 Å². The van der Waals surface area contributed by atoms with E-state index in [1.165, 1.54) is 30.6 Å². The number of benzene rings is 2. The fraction of sp³-hybridized carbons (Fsp3) is 0.263. The molecular formula is C19H19ClN2O4S2. The highest BCUT2D eigenvalue weighted by atomic mass is 35.5. The minimum Gasteiger partial charge on any atom is -0.497 e. The van der Waals surface area contributed by atoms with Crippen LogP contribution in [0.15, 0.2) is 41.3 Å². The third-order valence-corrected chi connectivity index (χ3v) is 7.39. The lowest BCUT2D eigenvalue weighted by atomic mass is 10.2. The van der Waals surface area contributed by atoms with Gasteiger partial charge >= 0.3 is 0 Å². The molecule has 3 aromatic rings. The topological polar surface area (TPSA) is 85.4 Å². The van der Waals surface area contributed by atoms with Crippen molar-refractivity contribution in [3.05, 3.63) is 47.0 Å². The van der Waals surface area contributed by atoms with E-state index >= 15 is 0 Å². The summed E-state index contributed by atoms with van der Waals surface area (Å²) < 4.78 is 30.7. The molecule has 0 radical (unpaired) electrons. The first-order chi connectivity index (χ1) is 13.3. The average molecular weight is 439 g/mol. The van der Waals surface area contributed by atoms with Gasteiger partial charge in [-0.3, -0.25) is 4.79 Å². The first-order valence-electron chi connectivity index (χ1n) is 8.52. The minimum absolute atomic E-state index is 0.0883. The van der Waals surface area contributed by atoms with Crippen molar-refractivity contribution < 1.29 is 17.9 Å². The van der Waals surface area contributed by atoms with Gasteiger partial charge in [-0.15, -0.1) is 0 Å². The van der Waals surface area contributed by atoms with Crippen molar-refractivity contribution in [3.8, 4) is 5.75 Å². The van der Waals surface area contributed by atoms with E-state index in [0.717, 1.165) is 15.8 Å². The number of hydrogen-bond donors (Lipinski definition) is 1. The molecule has 0 fully saturated rings. The highest BCUT2D eigenvalue weighted by Gasteiger charge is 2.16. The van der Waals surface area contributed by atoms with Gasteiger partial charge in [-0.2, -0.15) is 0 Å². The van der Waals surface area contributed by atoms with Crippen molar-refractivity contribution in [1.82, 2.24) is 4.98 Å².